The summed E-state index contributed by atoms with van der Waals surface area (Å²) in [6.07, 6.45) is 3.68. The number of nitrogens with one attached hydrogen (secondary N) is 1. The topological polar surface area (TPSA) is 103 Å². The Balaban J connectivity index is 1.67. The molecule has 170 valence electrons. The third-order valence-corrected chi connectivity index (χ3v) is 12.0. The van der Waals surface area contributed by atoms with Crippen LogP contribution in [0.4, 0.5) is 0 Å². The lowest BCUT2D eigenvalue weighted by Crippen LogP contribution is -2.43. The Bertz CT molecular complexity index is 1180. The number of benzene rings is 1. The Morgan fingerprint density at radius 2 is 1.78 bits per heavy atom. The Labute approximate surface area is 189 Å². The summed E-state index contributed by atoms with van der Waals surface area (Å²) in [6.45, 7) is 11.3. The highest BCUT2D eigenvalue weighted by molar-refractivity contribution is 7.90. The van der Waals surface area contributed by atoms with Gasteiger partial charge in [0.2, 0.25) is 5.88 Å². The summed E-state index contributed by atoms with van der Waals surface area (Å²) in [6, 6.07) is 12.6. The molecule has 0 fully saturated rings. The number of amides is 1. The molecule has 10 heteroatoms. The molecule has 2 aromatic heterocycles. The van der Waals surface area contributed by atoms with Gasteiger partial charge in [0.25, 0.3) is 15.9 Å². The third kappa shape index (κ3) is 5.43. The fraction of sp³-hybridized carbons (Fsp3) is 0.318. The van der Waals surface area contributed by atoms with Crippen LogP contribution in [0.2, 0.25) is 18.1 Å². The minimum absolute atomic E-state index is 0.0136. The number of ether oxygens (including phenoxy) is 1. The molecule has 0 saturated carbocycles. The molecule has 1 N–H and O–H groups in total. The lowest BCUT2D eigenvalue weighted by Gasteiger charge is -2.35. The Morgan fingerprint density at radius 3 is 2.38 bits per heavy atom. The lowest BCUT2D eigenvalue weighted by atomic mass is 10.2. The van der Waals surface area contributed by atoms with Gasteiger partial charge in [-0.15, -0.1) is 5.10 Å². The molecule has 0 spiro atoms. The van der Waals surface area contributed by atoms with Crippen molar-refractivity contribution in [2.75, 3.05) is 6.23 Å². The highest BCUT2D eigenvalue weighted by atomic mass is 32.2. The quantitative estimate of drug-likeness (QED) is 0.525. The van der Waals surface area contributed by atoms with E-state index in [-0.39, 0.29) is 15.5 Å². The highest BCUT2D eigenvalue weighted by Crippen LogP contribution is 2.35. The molecule has 0 aliphatic rings. The summed E-state index contributed by atoms with van der Waals surface area (Å²) >= 11 is 0. The number of rotatable bonds is 7. The molecule has 8 nitrogen and oxygen atoms in total. The van der Waals surface area contributed by atoms with E-state index in [1.807, 2.05) is 4.72 Å². The SMILES string of the molecule is CC(C)(C)[Si](C)(C)COc1ccn(-c2ccc(C(=O)NS(=O)(=O)c3ccccc3)cn2)n1. The second-order valence-electron chi connectivity index (χ2n) is 9.17. The van der Waals surface area contributed by atoms with E-state index in [0.29, 0.717) is 17.9 Å². The second kappa shape index (κ2) is 8.87. The van der Waals surface area contributed by atoms with Gasteiger partial charge in [0, 0.05) is 18.5 Å². The van der Waals surface area contributed by atoms with E-state index < -0.39 is 24.0 Å². The fourth-order valence-electron chi connectivity index (χ4n) is 2.48. The molecule has 0 aliphatic heterocycles. The zero-order chi connectivity index (χ0) is 23.6. The monoisotopic (exact) mass is 472 g/mol. The number of carbonyl (C=O) groups excluding carboxylic acids is 1. The van der Waals surface area contributed by atoms with Crippen LogP contribution in [0.3, 0.4) is 0 Å². The number of hydrogen-bond acceptors (Lipinski definition) is 6. The van der Waals surface area contributed by atoms with Crippen LogP contribution in [0.5, 0.6) is 5.88 Å². The van der Waals surface area contributed by atoms with Crippen molar-refractivity contribution in [2.24, 2.45) is 0 Å². The Morgan fingerprint density at radius 1 is 1.09 bits per heavy atom. The third-order valence-electron chi connectivity index (χ3n) is 5.70. The summed E-state index contributed by atoms with van der Waals surface area (Å²) in [4.78, 5) is 16.6. The van der Waals surface area contributed by atoms with Gasteiger partial charge in [-0.1, -0.05) is 52.1 Å². The van der Waals surface area contributed by atoms with Crippen LogP contribution in [0.1, 0.15) is 31.1 Å². The summed E-state index contributed by atoms with van der Waals surface area (Å²) in [7, 11) is -5.56. The van der Waals surface area contributed by atoms with E-state index in [4.69, 9.17) is 4.74 Å². The number of sulfonamides is 1. The van der Waals surface area contributed by atoms with Gasteiger partial charge in [0.1, 0.15) is 0 Å². The van der Waals surface area contributed by atoms with Crippen LogP contribution >= 0.6 is 0 Å². The van der Waals surface area contributed by atoms with Crippen LogP contribution in [-0.2, 0) is 10.0 Å². The van der Waals surface area contributed by atoms with Gasteiger partial charge >= 0.3 is 0 Å². The van der Waals surface area contributed by atoms with Crippen molar-refractivity contribution in [2.45, 2.75) is 43.8 Å². The minimum Gasteiger partial charge on any atom is -0.480 e. The standard InChI is InChI=1S/C22H28N4O4SSi/c1-22(2,3)32(4,5)16-30-20-13-14-26(24-20)19-12-11-17(15-23-19)21(27)25-31(28,29)18-9-7-6-8-10-18/h6-15H,16H2,1-5H3,(H,25,27). The van der Waals surface area contributed by atoms with Gasteiger partial charge in [-0.05, 0) is 29.3 Å². The van der Waals surface area contributed by atoms with Crippen LogP contribution in [-0.4, -0.2) is 43.4 Å². The molecule has 0 bridgehead atoms. The maximum atomic E-state index is 12.4. The van der Waals surface area contributed by atoms with Gasteiger partial charge < -0.3 is 4.74 Å². The zero-order valence-corrected chi connectivity index (χ0v) is 20.7. The van der Waals surface area contributed by atoms with Crippen molar-refractivity contribution in [3.8, 4) is 11.7 Å². The van der Waals surface area contributed by atoms with Gasteiger partial charge in [-0.25, -0.2) is 22.8 Å². The fourth-order valence-corrected chi connectivity index (χ4v) is 4.42. The average Bonchev–Trinajstić information content (AvgIpc) is 3.21. The first kappa shape index (κ1) is 23.7. The first-order valence-electron chi connectivity index (χ1n) is 10.2. The lowest BCUT2D eigenvalue weighted by molar-refractivity contribution is 0.0981. The van der Waals surface area contributed by atoms with E-state index in [1.165, 1.54) is 24.4 Å². The smallest absolute Gasteiger partial charge is 0.266 e. The number of carbonyl (C=O) groups is 1. The van der Waals surface area contributed by atoms with Crippen molar-refractivity contribution in [1.82, 2.24) is 19.5 Å². The molecule has 0 unspecified atom stereocenters. The molecule has 32 heavy (non-hydrogen) atoms. The summed E-state index contributed by atoms with van der Waals surface area (Å²) in [5, 5.41) is 4.61. The van der Waals surface area contributed by atoms with Crippen molar-refractivity contribution in [3.05, 3.63) is 66.5 Å². The normalized spacial score (nSPS) is 12.4. The van der Waals surface area contributed by atoms with E-state index in [9.17, 15) is 13.2 Å². The zero-order valence-electron chi connectivity index (χ0n) is 18.9. The molecular formula is C22H28N4O4SSi. The van der Waals surface area contributed by atoms with Gasteiger partial charge in [0.15, 0.2) is 5.82 Å². The Kier molecular flexibility index (Phi) is 6.56. The number of pyridine rings is 1. The molecule has 0 aliphatic carbocycles. The largest absolute Gasteiger partial charge is 0.480 e. The number of hydrogen-bond donors (Lipinski definition) is 1. The predicted molar refractivity (Wildman–Crippen MR) is 125 cm³/mol. The van der Waals surface area contributed by atoms with Crippen LogP contribution in [0.15, 0.2) is 65.8 Å². The number of nitrogens with zero attached hydrogens (tertiary/aromatic N) is 3. The van der Waals surface area contributed by atoms with Gasteiger partial charge in [0.05, 0.1) is 24.8 Å². The van der Waals surface area contributed by atoms with Gasteiger partial charge in [-0.3, -0.25) is 4.79 Å². The molecule has 0 atom stereocenters. The van der Waals surface area contributed by atoms with Crippen molar-refractivity contribution in [1.29, 1.82) is 0 Å². The highest BCUT2D eigenvalue weighted by Gasteiger charge is 2.36. The molecule has 0 radical (unpaired) electrons. The number of aromatic nitrogens is 3. The van der Waals surface area contributed by atoms with E-state index in [1.54, 1.807) is 41.2 Å². The predicted octanol–water partition coefficient (Wildman–Crippen LogP) is 3.81. The molecule has 1 aromatic carbocycles. The Hall–Kier alpha value is -2.98. The van der Waals surface area contributed by atoms with E-state index in [2.05, 4.69) is 43.9 Å². The molecule has 1 amide bonds. The van der Waals surface area contributed by atoms with E-state index >= 15 is 0 Å². The maximum absolute atomic E-state index is 12.4. The van der Waals surface area contributed by atoms with Crippen molar-refractivity contribution in [3.63, 3.8) is 0 Å². The molecule has 3 rings (SSSR count). The van der Waals surface area contributed by atoms with Crippen LogP contribution in [0.25, 0.3) is 5.82 Å². The molecule has 0 saturated heterocycles. The summed E-state index contributed by atoms with van der Waals surface area (Å²) < 4.78 is 34.2. The van der Waals surface area contributed by atoms with Crippen molar-refractivity contribution < 1.29 is 17.9 Å². The summed E-state index contributed by atoms with van der Waals surface area (Å²) in [5.74, 6) is 0.230. The van der Waals surface area contributed by atoms with Crippen LogP contribution < -0.4 is 9.46 Å². The first-order valence-corrected chi connectivity index (χ1v) is 14.9. The second-order valence-corrected chi connectivity index (χ2v) is 16.4. The first-order chi connectivity index (χ1) is 14.9. The van der Waals surface area contributed by atoms with Gasteiger partial charge in [-0.2, -0.15) is 0 Å². The molecule has 3 aromatic rings. The van der Waals surface area contributed by atoms with Crippen molar-refractivity contribution >= 4 is 24.0 Å². The minimum atomic E-state index is -3.95. The summed E-state index contributed by atoms with van der Waals surface area (Å²) in [5.41, 5.74) is 0.120. The average molecular weight is 473 g/mol. The molecular weight excluding hydrogens is 444 g/mol. The molecule has 2 heterocycles. The maximum Gasteiger partial charge on any atom is 0.266 e. The van der Waals surface area contributed by atoms with Crippen LogP contribution in [0, 0.1) is 0 Å². The van der Waals surface area contributed by atoms with E-state index in [0.717, 1.165) is 0 Å².